The molecule has 0 atom stereocenters. The first-order chi connectivity index (χ1) is 8.40. The van der Waals surface area contributed by atoms with Gasteiger partial charge in [0.2, 0.25) is 0 Å². The number of rotatable bonds is 1. The smallest absolute Gasteiger partial charge is 0.0998 e. The molecule has 0 radical (unpaired) electrons. The summed E-state index contributed by atoms with van der Waals surface area (Å²) < 4.78 is 0. The van der Waals surface area contributed by atoms with E-state index in [1.807, 2.05) is 30.3 Å². The summed E-state index contributed by atoms with van der Waals surface area (Å²) in [5.41, 5.74) is 5.26. The highest BCUT2D eigenvalue weighted by Crippen LogP contribution is 2.29. The van der Waals surface area contributed by atoms with E-state index >= 15 is 0 Å². The van der Waals surface area contributed by atoms with Gasteiger partial charge in [-0.05, 0) is 18.6 Å². The molecular formula is C14H13N3. The highest BCUT2D eigenvalue weighted by atomic mass is 15.5. The summed E-state index contributed by atoms with van der Waals surface area (Å²) in [6.07, 6.45) is 1.16. The summed E-state index contributed by atoms with van der Waals surface area (Å²) in [5, 5.41) is 13.5. The minimum Gasteiger partial charge on any atom is -0.308 e. The molecule has 1 saturated heterocycles. The van der Waals surface area contributed by atoms with Crippen molar-refractivity contribution in [3.8, 4) is 6.07 Å². The van der Waals surface area contributed by atoms with Crippen LogP contribution in [0.3, 0.4) is 0 Å². The van der Waals surface area contributed by atoms with Crippen molar-refractivity contribution >= 4 is 16.5 Å². The van der Waals surface area contributed by atoms with Crippen LogP contribution in [0.25, 0.3) is 10.8 Å². The van der Waals surface area contributed by atoms with Gasteiger partial charge in [-0.15, -0.1) is 0 Å². The molecule has 0 amide bonds. The first kappa shape index (κ1) is 10.1. The third kappa shape index (κ3) is 1.63. The molecule has 0 unspecified atom stereocenters. The fourth-order valence-corrected chi connectivity index (χ4v) is 2.35. The van der Waals surface area contributed by atoms with Gasteiger partial charge >= 0.3 is 0 Å². The fraction of sp³-hybridized carbons (Fsp3) is 0.214. The van der Waals surface area contributed by atoms with E-state index in [0.717, 1.165) is 41.5 Å². The van der Waals surface area contributed by atoms with Crippen molar-refractivity contribution in [3.63, 3.8) is 0 Å². The number of nitrogens with zero attached hydrogens (tertiary/aromatic N) is 2. The summed E-state index contributed by atoms with van der Waals surface area (Å²) in [5.74, 6) is 0. The minimum absolute atomic E-state index is 0.739. The molecule has 1 aliphatic heterocycles. The van der Waals surface area contributed by atoms with Crippen molar-refractivity contribution in [2.24, 2.45) is 0 Å². The number of nitriles is 1. The number of hydrazine groups is 1. The molecule has 3 heteroatoms. The number of benzene rings is 2. The van der Waals surface area contributed by atoms with E-state index < -0.39 is 0 Å². The molecule has 2 aromatic rings. The normalized spacial score (nSPS) is 15.1. The van der Waals surface area contributed by atoms with Crippen LogP contribution >= 0.6 is 0 Å². The second-order valence-corrected chi connectivity index (χ2v) is 4.20. The quantitative estimate of drug-likeness (QED) is 0.807. The average Bonchev–Trinajstić information content (AvgIpc) is 2.91. The van der Waals surface area contributed by atoms with Crippen LogP contribution in [0, 0.1) is 11.3 Å². The van der Waals surface area contributed by atoms with Crippen molar-refractivity contribution in [1.29, 1.82) is 5.26 Å². The van der Waals surface area contributed by atoms with Crippen molar-refractivity contribution < 1.29 is 0 Å². The maximum absolute atomic E-state index is 9.11. The number of nitrogens with one attached hydrogen (secondary N) is 1. The Morgan fingerprint density at radius 1 is 1.12 bits per heavy atom. The van der Waals surface area contributed by atoms with E-state index in [1.165, 1.54) is 0 Å². The van der Waals surface area contributed by atoms with Gasteiger partial charge in [-0.3, -0.25) is 0 Å². The van der Waals surface area contributed by atoms with Crippen LogP contribution in [0.15, 0.2) is 36.4 Å². The molecule has 0 spiro atoms. The third-order valence-electron chi connectivity index (χ3n) is 3.17. The topological polar surface area (TPSA) is 39.1 Å². The van der Waals surface area contributed by atoms with E-state index in [1.54, 1.807) is 0 Å². The van der Waals surface area contributed by atoms with Crippen molar-refractivity contribution in [1.82, 2.24) is 5.43 Å². The van der Waals surface area contributed by atoms with Gasteiger partial charge in [0.05, 0.1) is 17.3 Å². The predicted octanol–water partition coefficient (Wildman–Crippen LogP) is 2.43. The van der Waals surface area contributed by atoms with Gasteiger partial charge in [0, 0.05) is 23.9 Å². The van der Waals surface area contributed by atoms with Gasteiger partial charge < -0.3 is 5.01 Å². The Kier molecular flexibility index (Phi) is 2.43. The van der Waals surface area contributed by atoms with Crippen LogP contribution in [0.5, 0.6) is 0 Å². The van der Waals surface area contributed by atoms with Crippen molar-refractivity contribution in [2.45, 2.75) is 6.42 Å². The Morgan fingerprint density at radius 3 is 2.65 bits per heavy atom. The van der Waals surface area contributed by atoms with E-state index in [2.05, 4.69) is 22.6 Å². The molecular weight excluding hydrogens is 210 g/mol. The summed E-state index contributed by atoms with van der Waals surface area (Å²) in [4.78, 5) is 0. The lowest BCUT2D eigenvalue weighted by molar-refractivity contribution is 0.790. The van der Waals surface area contributed by atoms with E-state index in [0.29, 0.717) is 0 Å². The molecule has 1 aliphatic rings. The molecule has 84 valence electrons. The molecule has 17 heavy (non-hydrogen) atoms. The lowest BCUT2D eigenvalue weighted by Crippen LogP contribution is -2.30. The first-order valence-corrected chi connectivity index (χ1v) is 5.83. The summed E-state index contributed by atoms with van der Waals surface area (Å²) in [6.45, 7) is 2.05. The second kappa shape index (κ2) is 4.08. The van der Waals surface area contributed by atoms with Gasteiger partial charge in [-0.25, -0.2) is 5.43 Å². The molecule has 1 N–H and O–H groups in total. The minimum atomic E-state index is 0.739. The first-order valence-electron chi connectivity index (χ1n) is 5.83. The predicted molar refractivity (Wildman–Crippen MR) is 68.6 cm³/mol. The number of anilines is 1. The molecule has 3 nitrogen and oxygen atoms in total. The zero-order valence-electron chi connectivity index (χ0n) is 9.48. The standard InChI is InChI=1S/C14H13N3/c15-10-11-6-7-14(17-9-3-8-16-17)13-5-2-1-4-12(11)13/h1-2,4-7,16H,3,8-9H2. The Balaban J connectivity index is 2.23. The maximum atomic E-state index is 9.11. The highest BCUT2D eigenvalue weighted by molar-refractivity contribution is 5.97. The lowest BCUT2D eigenvalue weighted by Gasteiger charge is -2.20. The largest absolute Gasteiger partial charge is 0.308 e. The molecule has 0 bridgehead atoms. The zero-order chi connectivity index (χ0) is 11.7. The van der Waals surface area contributed by atoms with E-state index in [9.17, 15) is 0 Å². The van der Waals surface area contributed by atoms with Crippen LogP contribution < -0.4 is 10.4 Å². The molecule has 1 heterocycles. The van der Waals surface area contributed by atoms with E-state index in [-0.39, 0.29) is 0 Å². The lowest BCUT2D eigenvalue weighted by atomic mass is 10.0. The Labute approximate surface area is 100 Å². The number of fused-ring (bicyclic) bond motifs is 1. The number of hydrogen-bond donors (Lipinski definition) is 1. The van der Waals surface area contributed by atoms with Crippen LogP contribution in [0.1, 0.15) is 12.0 Å². The van der Waals surface area contributed by atoms with E-state index in [4.69, 9.17) is 5.26 Å². The third-order valence-corrected chi connectivity index (χ3v) is 3.17. The van der Waals surface area contributed by atoms with Gasteiger partial charge in [0.15, 0.2) is 0 Å². The Morgan fingerprint density at radius 2 is 1.94 bits per heavy atom. The summed E-state index contributed by atoms with van der Waals surface area (Å²) >= 11 is 0. The molecule has 3 rings (SSSR count). The SMILES string of the molecule is N#Cc1ccc(N2CCCN2)c2ccccc12. The van der Waals surface area contributed by atoms with Gasteiger partial charge in [0.25, 0.3) is 0 Å². The van der Waals surface area contributed by atoms with Crippen LogP contribution in [0.4, 0.5) is 5.69 Å². The van der Waals surface area contributed by atoms with Crippen molar-refractivity contribution in [2.75, 3.05) is 18.1 Å². The molecule has 0 saturated carbocycles. The molecule has 0 aliphatic carbocycles. The second-order valence-electron chi connectivity index (χ2n) is 4.20. The summed E-state index contributed by atoms with van der Waals surface area (Å²) in [7, 11) is 0. The maximum Gasteiger partial charge on any atom is 0.0998 e. The van der Waals surface area contributed by atoms with Crippen LogP contribution in [-0.2, 0) is 0 Å². The monoisotopic (exact) mass is 223 g/mol. The van der Waals surface area contributed by atoms with Gasteiger partial charge in [-0.2, -0.15) is 5.26 Å². The zero-order valence-corrected chi connectivity index (χ0v) is 9.48. The molecule has 1 fully saturated rings. The molecule has 0 aromatic heterocycles. The van der Waals surface area contributed by atoms with Gasteiger partial charge in [0.1, 0.15) is 0 Å². The summed E-state index contributed by atoms with van der Waals surface area (Å²) in [6, 6.07) is 14.3. The van der Waals surface area contributed by atoms with Gasteiger partial charge in [-0.1, -0.05) is 24.3 Å². The Bertz CT molecular complexity index is 592. The van der Waals surface area contributed by atoms with Crippen LogP contribution in [0.2, 0.25) is 0 Å². The van der Waals surface area contributed by atoms with Crippen molar-refractivity contribution in [3.05, 3.63) is 42.0 Å². The highest BCUT2D eigenvalue weighted by Gasteiger charge is 2.15. The average molecular weight is 223 g/mol. The Hall–Kier alpha value is -2.05. The molecule has 2 aromatic carbocycles. The van der Waals surface area contributed by atoms with Crippen LogP contribution in [-0.4, -0.2) is 13.1 Å². The fourth-order valence-electron chi connectivity index (χ4n) is 2.35. The number of hydrogen-bond acceptors (Lipinski definition) is 3.